The summed E-state index contributed by atoms with van der Waals surface area (Å²) in [5, 5.41) is 7.16. The first kappa shape index (κ1) is 27.1. The lowest BCUT2D eigenvalue weighted by Crippen LogP contribution is -2.36. The SMILES string of the molecule is CCn1nc(C)cc1C(=O)Nc1nc2cc(C(N)=O)cc(OC)c2n1CCCCNS(=O)(=O)N(C)C. The molecule has 36 heavy (non-hydrogen) atoms. The quantitative estimate of drug-likeness (QED) is 0.301. The number of carbonyl (C=O) groups excluding carboxylic acids is 2. The number of rotatable bonds is 12. The molecule has 0 aliphatic heterocycles. The molecular weight excluding hydrogens is 488 g/mol. The van der Waals surface area contributed by atoms with Gasteiger partial charge in [0.25, 0.3) is 16.1 Å². The van der Waals surface area contributed by atoms with E-state index in [0.29, 0.717) is 54.1 Å². The Balaban J connectivity index is 1.93. The van der Waals surface area contributed by atoms with Crippen LogP contribution in [0.2, 0.25) is 0 Å². The lowest BCUT2D eigenvalue weighted by molar-refractivity contribution is 0.0995. The molecule has 0 fully saturated rings. The minimum atomic E-state index is -3.51. The van der Waals surface area contributed by atoms with Crippen LogP contribution in [-0.2, 0) is 23.3 Å². The standard InChI is InChI=1S/C22H32N8O5S/c1-6-30-17(11-14(2)27-30)21(32)26-22-25-16-12-15(20(23)31)13-18(35-5)19(16)29(22)10-8-7-9-24-36(33,34)28(3)4/h11-13,24H,6-10H2,1-5H3,(H2,23,31)(H,25,26,32). The van der Waals surface area contributed by atoms with Crippen molar-refractivity contribution in [3.63, 3.8) is 0 Å². The number of methoxy groups -OCH3 is 1. The number of imidazole rings is 1. The summed E-state index contributed by atoms with van der Waals surface area (Å²) in [7, 11) is 0.855. The van der Waals surface area contributed by atoms with Crippen molar-refractivity contribution in [1.82, 2.24) is 28.4 Å². The summed E-state index contributed by atoms with van der Waals surface area (Å²) in [6, 6.07) is 4.75. The minimum absolute atomic E-state index is 0.222. The van der Waals surface area contributed by atoms with Crippen molar-refractivity contribution in [2.24, 2.45) is 5.73 Å². The molecular formula is C22H32N8O5S. The van der Waals surface area contributed by atoms with Gasteiger partial charge in [-0.05, 0) is 44.9 Å². The van der Waals surface area contributed by atoms with Gasteiger partial charge in [0.05, 0.1) is 18.3 Å². The summed E-state index contributed by atoms with van der Waals surface area (Å²) in [6.45, 7) is 4.85. The maximum Gasteiger partial charge on any atom is 0.278 e. The highest BCUT2D eigenvalue weighted by Crippen LogP contribution is 2.31. The van der Waals surface area contributed by atoms with E-state index in [1.807, 2.05) is 6.92 Å². The number of hydrogen-bond donors (Lipinski definition) is 3. The van der Waals surface area contributed by atoms with Gasteiger partial charge in [-0.2, -0.15) is 17.8 Å². The van der Waals surface area contributed by atoms with Crippen molar-refractivity contribution in [3.05, 3.63) is 35.2 Å². The molecule has 0 unspecified atom stereocenters. The van der Waals surface area contributed by atoms with Crippen LogP contribution in [0.1, 0.15) is 46.3 Å². The summed E-state index contributed by atoms with van der Waals surface area (Å²) in [4.78, 5) is 29.5. The summed E-state index contributed by atoms with van der Waals surface area (Å²) in [5.41, 5.74) is 7.78. The lowest BCUT2D eigenvalue weighted by Gasteiger charge is -2.14. The molecule has 0 aliphatic rings. The van der Waals surface area contributed by atoms with Gasteiger partial charge in [0, 0.05) is 39.3 Å². The number of fused-ring (bicyclic) bond motifs is 1. The zero-order valence-electron chi connectivity index (χ0n) is 21.0. The van der Waals surface area contributed by atoms with Crippen LogP contribution in [0.4, 0.5) is 5.95 Å². The molecule has 0 aliphatic carbocycles. The second-order valence-corrected chi connectivity index (χ2v) is 10.3. The van der Waals surface area contributed by atoms with E-state index in [1.54, 1.807) is 22.2 Å². The summed E-state index contributed by atoms with van der Waals surface area (Å²) in [5.74, 6) is -0.393. The van der Waals surface area contributed by atoms with E-state index < -0.39 is 16.1 Å². The molecule has 1 aromatic carbocycles. The van der Waals surface area contributed by atoms with E-state index in [-0.39, 0.29) is 24.0 Å². The Hall–Kier alpha value is -3.49. The number of unbranched alkanes of at least 4 members (excludes halogenated alkanes) is 1. The largest absolute Gasteiger partial charge is 0.494 e. The van der Waals surface area contributed by atoms with Gasteiger partial charge in [0.15, 0.2) is 0 Å². The topological polar surface area (TPSA) is 166 Å². The molecule has 0 bridgehead atoms. The second kappa shape index (κ2) is 11.1. The monoisotopic (exact) mass is 520 g/mol. The fraction of sp³-hybridized carbons (Fsp3) is 0.455. The molecule has 2 aromatic heterocycles. The van der Waals surface area contributed by atoms with Gasteiger partial charge in [-0.25, -0.2) is 9.71 Å². The first-order valence-corrected chi connectivity index (χ1v) is 12.8. The molecule has 2 heterocycles. The van der Waals surface area contributed by atoms with Crippen molar-refractivity contribution < 1.29 is 22.7 Å². The van der Waals surface area contributed by atoms with E-state index in [9.17, 15) is 18.0 Å². The Morgan fingerprint density at radius 2 is 1.92 bits per heavy atom. The number of nitrogens with two attached hydrogens (primary N) is 1. The van der Waals surface area contributed by atoms with Crippen molar-refractivity contribution in [2.75, 3.05) is 33.1 Å². The van der Waals surface area contributed by atoms with Gasteiger partial charge in [0.1, 0.15) is 17.0 Å². The van der Waals surface area contributed by atoms with Crippen molar-refractivity contribution in [1.29, 1.82) is 0 Å². The molecule has 0 saturated heterocycles. The van der Waals surface area contributed by atoms with Crippen LogP contribution in [0.3, 0.4) is 0 Å². The van der Waals surface area contributed by atoms with Gasteiger partial charge in [-0.1, -0.05) is 0 Å². The summed E-state index contributed by atoms with van der Waals surface area (Å²) >= 11 is 0. The number of carbonyl (C=O) groups is 2. The molecule has 3 rings (SSSR count). The van der Waals surface area contributed by atoms with Crippen molar-refractivity contribution >= 4 is 39.0 Å². The van der Waals surface area contributed by atoms with Gasteiger partial charge < -0.3 is 15.0 Å². The molecule has 3 aromatic rings. The maximum absolute atomic E-state index is 13.1. The summed E-state index contributed by atoms with van der Waals surface area (Å²) in [6.07, 6.45) is 1.10. The zero-order valence-corrected chi connectivity index (χ0v) is 21.8. The van der Waals surface area contributed by atoms with Crippen LogP contribution in [0.5, 0.6) is 5.75 Å². The number of amides is 2. The third-order valence-corrected chi connectivity index (χ3v) is 7.07. The maximum atomic E-state index is 13.1. The highest BCUT2D eigenvalue weighted by Gasteiger charge is 2.21. The predicted octanol–water partition coefficient (Wildman–Crippen LogP) is 1.10. The number of anilines is 1. The third-order valence-electron chi connectivity index (χ3n) is 5.54. The smallest absolute Gasteiger partial charge is 0.278 e. The van der Waals surface area contributed by atoms with Crippen LogP contribution in [0, 0.1) is 6.92 Å². The predicted molar refractivity (Wildman–Crippen MR) is 135 cm³/mol. The van der Waals surface area contributed by atoms with Crippen LogP contribution in [0.25, 0.3) is 11.0 Å². The van der Waals surface area contributed by atoms with Gasteiger partial charge in [-0.15, -0.1) is 0 Å². The van der Waals surface area contributed by atoms with E-state index in [1.165, 1.54) is 33.3 Å². The number of hydrogen-bond acceptors (Lipinski definition) is 7. The number of nitrogens with zero attached hydrogens (tertiary/aromatic N) is 5. The van der Waals surface area contributed by atoms with E-state index in [2.05, 4.69) is 20.1 Å². The Kier molecular flexibility index (Phi) is 8.32. The molecule has 0 radical (unpaired) electrons. The number of primary amides is 1. The number of nitrogens with one attached hydrogen (secondary N) is 2. The Bertz CT molecular complexity index is 1380. The second-order valence-electron chi connectivity index (χ2n) is 8.33. The highest BCUT2D eigenvalue weighted by molar-refractivity contribution is 7.87. The average molecular weight is 521 g/mol. The highest BCUT2D eigenvalue weighted by atomic mass is 32.2. The fourth-order valence-electron chi connectivity index (χ4n) is 3.70. The van der Waals surface area contributed by atoms with Gasteiger partial charge >= 0.3 is 0 Å². The summed E-state index contributed by atoms with van der Waals surface area (Å²) < 4.78 is 36.3. The number of ether oxygens (including phenoxy) is 1. The number of aromatic nitrogens is 4. The Labute approximate surface area is 209 Å². The molecule has 0 spiro atoms. The molecule has 0 saturated carbocycles. The van der Waals surface area contributed by atoms with Crippen molar-refractivity contribution in [2.45, 2.75) is 39.8 Å². The molecule has 0 atom stereocenters. The number of benzene rings is 1. The Morgan fingerprint density at radius 3 is 2.53 bits per heavy atom. The first-order valence-electron chi connectivity index (χ1n) is 11.4. The molecule has 196 valence electrons. The Morgan fingerprint density at radius 1 is 1.19 bits per heavy atom. The van der Waals surface area contributed by atoms with E-state index in [4.69, 9.17) is 10.5 Å². The molecule has 13 nitrogen and oxygen atoms in total. The third kappa shape index (κ3) is 5.83. The molecule has 4 N–H and O–H groups in total. The van der Waals surface area contributed by atoms with Gasteiger partial charge in [-0.3, -0.25) is 19.6 Å². The normalized spacial score (nSPS) is 11.8. The van der Waals surface area contributed by atoms with Crippen LogP contribution >= 0.6 is 0 Å². The molecule has 2 amide bonds. The van der Waals surface area contributed by atoms with Crippen LogP contribution in [-0.4, -0.2) is 71.6 Å². The average Bonchev–Trinajstić information content (AvgIpc) is 3.37. The van der Waals surface area contributed by atoms with E-state index in [0.717, 1.165) is 4.31 Å². The lowest BCUT2D eigenvalue weighted by atomic mass is 10.1. The van der Waals surface area contributed by atoms with Crippen LogP contribution in [0.15, 0.2) is 18.2 Å². The van der Waals surface area contributed by atoms with E-state index >= 15 is 0 Å². The zero-order chi connectivity index (χ0) is 26.6. The molecule has 14 heteroatoms. The van der Waals surface area contributed by atoms with Crippen LogP contribution < -0.4 is 20.5 Å². The van der Waals surface area contributed by atoms with Crippen molar-refractivity contribution in [3.8, 4) is 5.75 Å². The minimum Gasteiger partial charge on any atom is -0.494 e. The number of aryl methyl sites for hydroxylation is 3. The van der Waals surface area contributed by atoms with Gasteiger partial charge in [0.2, 0.25) is 11.9 Å². The fourth-order valence-corrected chi connectivity index (χ4v) is 4.36. The first-order chi connectivity index (χ1) is 17.0.